The first-order chi connectivity index (χ1) is 10.1. The fourth-order valence-electron chi connectivity index (χ4n) is 2.55. The van der Waals surface area contributed by atoms with Gasteiger partial charge in [-0.15, -0.1) is 0 Å². The number of esters is 1. The van der Waals surface area contributed by atoms with Crippen molar-refractivity contribution in [2.45, 2.75) is 32.4 Å². The number of hydrogen-bond donors (Lipinski definition) is 1. The average molecular weight is 293 g/mol. The molecule has 0 bridgehead atoms. The van der Waals surface area contributed by atoms with Crippen LogP contribution in [0.4, 0.5) is 0 Å². The summed E-state index contributed by atoms with van der Waals surface area (Å²) in [6.45, 7) is 4.63. The topological polar surface area (TPSA) is 56.8 Å². The zero-order valence-electron chi connectivity index (χ0n) is 13.0. The van der Waals surface area contributed by atoms with Crippen LogP contribution in [0.5, 0.6) is 11.5 Å². The number of carbonyl (C=O) groups excluding carboxylic acids is 1. The molecule has 5 heteroatoms. The number of benzene rings is 1. The number of methoxy groups -OCH3 is 2. The average Bonchev–Trinajstić information content (AvgIpc) is 2.51. The van der Waals surface area contributed by atoms with Crippen LogP contribution in [-0.2, 0) is 9.53 Å². The largest absolute Gasteiger partial charge is 0.497 e. The van der Waals surface area contributed by atoms with Crippen molar-refractivity contribution in [2.75, 3.05) is 20.8 Å². The van der Waals surface area contributed by atoms with Gasteiger partial charge in [-0.05, 0) is 24.1 Å². The van der Waals surface area contributed by atoms with E-state index in [-0.39, 0.29) is 24.0 Å². The van der Waals surface area contributed by atoms with E-state index in [1.165, 1.54) is 7.11 Å². The van der Waals surface area contributed by atoms with Crippen molar-refractivity contribution >= 4 is 5.97 Å². The Balaban J connectivity index is 2.24. The van der Waals surface area contributed by atoms with Crippen LogP contribution < -0.4 is 14.8 Å². The summed E-state index contributed by atoms with van der Waals surface area (Å²) in [5.74, 6) is 1.53. The van der Waals surface area contributed by atoms with Crippen molar-refractivity contribution in [3.63, 3.8) is 0 Å². The van der Waals surface area contributed by atoms with E-state index in [1.807, 2.05) is 32.0 Å². The van der Waals surface area contributed by atoms with Gasteiger partial charge in [0.1, 0.15) is 17.5 Å². The van der Waals surface area contributed by atoms with Gasteiger partial charge < -0.3 is 14.2 Å². The highest BCUT2D eigenvalue weighted by atomic mass is 16.5. The summed E-state index contributed by atoms with van der Waals surface area (Å²) in [6, 6.07) is 5.46. The lowest BCUT2D eigenvalue weighted by Gasteiger charge is -2.31. The van der Waals surface area contributed by atoms with Gasteiger partial charge >= 0.3 is 5.97 Å². The second-order valence-electron chi connectivity index (χ2n) is 5.50. The van der Waals surface area contributed by atoms with Crippen LogP contribution in [0.1, 0.15) is 31.9 Å². The van der Waals surface area contributed by atoms with Gasteiger partial charge in [-0.2, -0.15) is 0 Å². The van der Waals surface area contributed by atoms with Gasteiger partial charge in [0, 0.05) is 18.0 Å². The first kappa shape index (κ1) is 15.6. The molecule has 21 heavy (non-hydrogen) atoms. The Hall–Kier alpha value is -1.75. The molecule has 1 aliphatic rings. The lowest BCUT2D eigenvalue weighted by atomic mass is 9.96. The van der Waals surface area contributed by atoms with Crippen LogP contribution in [0.15, 0.2) is 18.2 Å². The van der Waals surface area contributed by atoms with Gasteiger partial charge in [-0.25, -0.2) is 0 Å². The lowest BCUT2D eigenvalue weighted by molar-refractivity contribution is -0.144. The smallest absolute Gasteiger partial charge is 0.323 e. The number of hydrogen-bond acceptors (Lipinski definition) is 5. The minimum Gasteiger partial charge on any atom is -0.497 e. The predicted molar refractivity (Wildman–Crippen MR) is 79.6 cm³/mol. The normalized spacial score (nSPS) is 18.6. The molecule has 0 aliphatic carbocycles. The van der Waals surface area contributed by atoms with Crippen LogP contribution in [-0.4, -0.2) is 32.8 Å². The molecule has 1 aromatic rings. The van der Waals surface area contributed by atoms with E-state index in [0.717, 1.165) is 23.5 Å². The molecule has 5 nitrogen and oxygen atoms in total. The molecule has 0 spiro atoms. The van der Waals surface area contributed by atoms with Crippen LogP contribution in [0.2, 0.25) is 0 Å². The molecular formula is C16H23NO4. The Morgan fingerprint density at radius 2 is 2.14 bits per heavy atom. The molecule has 2 rings (SSSR count). The Kier molecular flexibility index (Phi) is 5.07. The van der Waals surface area contributed by atoms with Crippen molar-refractivity contribution in [3.05, 3.63) is 23.8 Å². The van der Waals surface area contributed by atoms with Crippen LogP contribution in [0.25, 0.3) is 0 Å². The Morgan fingerprint density at radius 3 is 2.76 bits per heavy atom. The summed E-state index contributed by atoms with van der Waals surface area (Å²) in [4.78, 5) is 11.9. The third-order valence-electron chi connectivity index (χ3n) is 3.76. The van der Waals surface area contributed by atoms with E-state index in [4.69, 9.17) is 14.2 Å². The van der Waals surface area contributed by atoms with Gasteiger partial charge in [-0.1, -0.05) is 13.8 Å². The lowest BCUT2D eigenvalue weighted by Crippen LogP contribution is -2.44. The molecule has 116 valence electrons. The molecule has 0 radical (unpaired) electrons. The molecule has 2 atom stereocenters. The monoisotopic (exact) mass is 293 g/mol. The molecule has 1 heterocycles. The highest BCUT2D eigenvalue weighted by Gasteiger charge is 2.29. The summed E-state index contributed by atoms with van der Waals surface area (Å²) in [5, 5.41) is 3.40. The van der Waals surface area contributed by atoms with Crippen LogP contribution in [0, 0.1) is 5.92 Å². The molecule has 0 saturated heterocycles. The Morgan fingerprint density at radius 1 is 1.38 bits per heavy atom. The van der Waals surface area contributed by atoms with Gasteiger partial charge in [0.2, 0.25) is 0 Å². The van der Waals surface area contributed by atoms with Crippen molar-refractivity contribution in [3.8, 4) is 11.5 Å². The summed E-state index contributed by atoms with van der Waals surface area (Å²) in [7, 11) is 3.06. The summed E-state index contributed by atoms with van der Waals surface area (Å²) in [6.07, 6.45) is 0.806. The number of carbonyl (C=O) groups is 1. The highest BCUT2D eigenvalue weighted by Crippen LogP contribution is 2.35. The maximum absolute atomic E-state index is 11.9. The van der Waals surface area contributed by atoms with Gasteiger partial charge in [0.15, 0.2) is 0 Å². The SMILES string of the molecule is COC(=O)[C@@H](NC1CCOc2ccc(OC)cc21)C(C)C. The van der Waals surface area contributed by atoms with Gasteiger partial charge in [0.25, 0.3) is 0 Å². The highest BCUT2D eigenvalue weighted by molar-refractivity contribution is 5.76. The quantitative estimate of drug-likeness (QED) is 0.844. The summed E-state index contributed by atoms with van der Waals surface area (Å²) >= 11 is 0. The van der Waals surface area contributed by atoms with Crippen LogP contribution >= 0.6 is 0 Å². The molecule has 0 fully saturated rings. The number of rotatable bonds is 5. The minimum absolute atomic E-state index is 0.0512. The van der Waals surface area contributed by atoms with Crippen molar-refractivity contribution in [1.29, 1.82) is 0 Å². The van der Waals surface area contributed by atoms with E-state index >= 15 is 0 Å². The fourth-order valence-corrected chi connectivity index (χ4v) is 2.55. The van der Waals surface area contributed by atoms with Crippen molar-refractivity contribution < 1.29 is 19.0 Å². The zero-order valence-corrected chi connectivity index (χ0v) is 13.0. The van der Waals surface area contributed by atoms with Crippen molar-refractivity contribution in [1.82, 2.24) is 5.32 Å². The molecule has 0 saturated carbocycles. The van der Waals surface area contributed by atoms with E-state index < -0.39 is 0 Å². The van der Waals surface area contributed by atoms with E-state index in [2.05, 4.69) is 5.32 Å². The van der Waals surface area contributed by atoms with E-state index in [0.29, 0.717) is 6.61 Å². The third kappa shape index (κ3) is 3.47. The second kappa shape index (κ2) is 6.80. The minimum atomic E-state index is -0.336. The van der Waals surface area contributed by atoms with Gasteiger partial charge in [-0.3, -0.25) is 10.1 Å². The summed E-state index contributed by atoms with van der Waals surface area (Å²) < 4.78 is 15.8. The Labute approximate surface area is 125 Å². The number of nitrogens with one attached hydrogen (secondary N) is 1. The molecular weight excluding hydrogens is 270 g/mol. The predicted octanol–water partition coefficient (Wildman–Crippen LogP) is 2.31. The maximum Gasteiger partial charge on any atom is 0.323 e. The second-order valence-corrected chi connectivity index (χ2v) is 5.50. The number of ether oxygens (including phenoxy) is 3. The van der Waals surface area contributed by atoms with E-state index in [9.17, 15) is 4.79 Å². The Bertz CT molecular complexity index is 501. The zero-order chi connectivity index (χ0) is 15.4. The number of fused-ring (bicyclic) bond motifs is 1. The molecule has 1 N–H and O–H groups in total. The molecule has 1 unspecified atom stereocenters. The first-order valence-electron chi connectivity index (χ1n) is 7.21. The maximum atomic E-state index is 11.9. The first-order valence-corrected chi connectivity index (χ1v) is 7.21. The molecule has 0 aromatic heterocycles. The standard InChI is InChI=1S/C16H23NO4/c1-10(2)15(16(18)20-4)17-13-7-8-21-14-6-5-11(19-3)9-12(13)14/h5-6,9-10,13,15,17H,7-8H2,1-4H3/t13?,15-/m0/s1. The van der Waals surface area contributed by atoms with E-state index in [1.54, 1.807) is 7.11 Å². The summed E-state index contributed by atoms with van der Waals surface area (Å²) in [5.41, 5.74) is 1.02. The third-order valence-corrected chi connectivity index (χ3v) is 3.76. The molecule has 1 aliphatic heterocycles. The fraction of sp³-hybridized carbons (Fsp3) is 0.562. The molecule has 1 aromatic carbocycles. The van der Waals surface area contributed by atoms with Crippen molar-refractivity contribution in [2.24, 2.45) is 5.92 Å². The van der Waals surface area contributed by atoms with Gasteiger partial charge in [0.05, 0.1) is 20.8 Å². The van der Waals surface area contributed by atoms with Crippen LogP contribution in [0.3, 0.4) is 0 Å². The molecule has 0 amide bonds.